The van der Waals surface area contributed by atoms with Crippen molar-refractivity contribution in [1.29, 1.82) is 5.26 Å². The SMILES string of the molecule is Cc1ccccc1C(NCCc1ccc(C#N)cc1)[C@H]1CNc2cc(-c3cnn(C)c3)cnc2O1. The van der Waals surface area contributed by atoms with E-state index >= 15 is 0 Å². The molecule has 0 amide bonds. The molecule has 2 aromatic heterocycles. The van der Waals surface area contributed by atoms with E-state index in [0.717, 1.165) is 29.8 Å². The first-order valence-corrected chi connectivity index (χ1v) is 11.8. The molecule has 1 unspecified atom stereocenters. The molecule has 3 heterocycles. The predicted molar refractivity (Wildman–Crippen MR) is 136 cm³/mol. The second-order valence-electron chi connectivity index (χ2n) is 8.86. The zero-order valence-electron chi connectivity index (χ0n) is 19.9. The fourth-order valence-corrected chi connectivity index (χ4v) is 4.48. The fourth-order valence-electron chi connectivity index (χ4n) is 4.48. The number of hydrogen-bond donors (Lipinski definition) is 2. The van der Waals surface area contributed by atoms with Gasteiger partial charge in [0, 0.05) is 30.6 Å². The zero-order chi connectivity index (χ0) is 24.2. The maximum Gasteiger partial charge on any atom is 0.237 e. The molecule has 0 bridgehead atoms. The number of rotatable bonds is 7. The van der Waals surface area contributed by atoms with E-state index in [1.807, 2.05) is 49.9 Å². The molecule has 7 heteroatoms. The number of anilines is 1. The van der Waals surface area contributed by atoms with Crippen LogP contribution in [-0.4, -0.2) is 34.0 Å². The van der Waals surface area contributed by atoms with Crippen LogP contribution >= 0.6 is 0 Å². The summed E-state index contributed by atoms with van der Waals surface area (Å²) in [6.07, 6.45) is 6.38. The largest absolute Gasteiger partial charge is 0.469 e. The molecule has 7 nitrogen and oxygen atoms in total. The third-order valence-corrected chi connectivity index (χ3v) is 6.40. The summed E-state index contributed by atoms with van der Waals surface area (Å²) in [5.74, 6) is 0.612. The molecule has 1 aliphatic rings. The first kappa shape index (κ1) is 22.6. The van der Waals surface area contributed by atoms with Crippen molar-refractivity contribution in [3.63, 3.8) is 0 Å². The smallest absolute Gasteiger partial charge is 0.237 e. The molecule has 2 N–H and O–H groups in total. The molecule has 4 aromatic rings. The Kier molecular flexibility index (Phi) is 6.47. The van der Waals surface area contributed by atoms with Gasteiger partial charge < -0.3 is 15.4 Å². The minimum Gasteiger partial charge on any atom is -0.469 e. The maximum absolute atomic E-state index is 9.03. The normalized spacial score (nSPS) is 15.4. The van der Waals surface area contributed by atoms with Crippen molar-refractivity contribution in [2.45, 2.75) is 25.5 Å². The Bertz CT molecular complexity index is 1350. The van der Waals surface area contributed by atoms with Crippen LogP contribution in [0.25, 0.3) is 11.1 Å². The Hall–Kier alpha value is -4.15. The summed E-state index contributed by atoms with van der Waals surface area (Å²) in [6, 6.07) is 20.4. The van der Waals surface area contributed by atoms with E-state index in [1.54, 1.807) is 4.68 Å². The summed E-state index contributed by atoms with van der Waals surface area (Å²) in [7, 11) is 1.90. The van der Waals surface area contributed by atoms with Crippen LogP contribution in [0.2, 0.25) is 0 Å². The lowest BCUT2D eigenvalue weighted by atomic mass is 9.95. The maximum atomic E-state index is 9.03. The summed E-state index contributed by atoms with van der Waals surface area (Å²) in [5.41, 5.74) is 7.23. The van der Waals surface area contributed by atoms with E-state index < -0.39 is 0 Å². The van der Waals surface area contributed by atoms with Gasteiger partial charge >= 0.3 is 0 Å². The van der Waals surface area contributed by atoms with Crippen LogP contribution in [0.4, 0.5) is 5.69 Å². The number of pyridine rings is 1. The summed E-state index contributed by atoms with van der Waals surface area (Å²) in [4.78, 5) is 4.62. The van der Waals surface area contributed by atoms with Crippen molar-refractivity contribution >= 4 is 5.69 Å². The van der Waals surface area contributed by atoms with Gasteiger partial charge in [-0.3, -0.25) is 4.68 Å². The highest BCUT2D eigenvalue weighted by Gasteiger charge is 2.30. The van der Waals surface area contributed by atoms with E-state index in [-0.39, 0.29) is 12.1 Å². The third-order valence-electron chi connectivity index (χ3n) is 6.40. The van der Waals surface area contributed by atoms with Crippen LogP contribution in [-0.2, 0) is 13.5 Å². The summed E-state index contributed by atoms with van der Waals surface area (Å²) in [6.45, 7) is 3.58. The monoisotopic (exact) mass is 464 g/mol. The number of aryl methyl sites for hydroxylation is 2. The molecular formula is C28H28N6O. The van der Waals surface area contributed by atoms with Gasteiger partial charge in [-0.05, 0) is 54.8 Å². The van der Waals surface area contributed by atoms with Crippen LogP contribution in [0.5, 0.6) is 5.88 Å². The molecule has 2 atom stereocenters. The number of ether oxygens (including phenoxy) is 1. The van der Waals surface area contributed by atoms with Crippen molar-refractivity contribution in [1.82, 2.24) is 20.1 Å². The Balaban J connectivity index is 1.33. The number of nitrogens with one attached hydrogen (secondary N) is 2. The van der Waals surface area contributed by atoms with Gasteiger partial charge in [0.1, 0.15) is 6.10 Å². The first-order chi connectivity index (χ1) is 17.1. The van der Waals surface area contributed by atoms with E-state index in [2.05, 4.69) is 64.0 Å². The van der Waals surface area contributed by atoms with E-state index in [9.17, 15) is 0 Å². The first-order valence-electron chi connectivity index (χ1n) is 11.8. The lowest BCUT2D eigenvalue weighted by molar-refractivity contribution is 0.150. The number of benzene rings is 2. The number of aromatic nitrogens is 3. The second kappa shape index (κ2) is 10.00. The molecule has 176 valence electrons. The van der Waals surface area contributed by atoms with Gasteiger partial charge in [0.05, 0.1) is 36.1 Å². The van der Waals surface area contributed by atoms with Crippen molar-refractivity contribution in [2.24, 2.45) is 7.05 Å². The fraction of sp³-hybridized carbons (Fsp3) is 0.250. The molecule has 0 spiro atoms. The van der Waals surface area contributed by atoms with Gasteiger partial charge in [-0.2, -0.15) is 10.4 Å². The van der Waals surface area contributed by atoms with E-state index in [4.69, 9.17) is 10.00 Å². The highest BCUT2D eigenvalue weighted by molar-refractivity contribution is 5.69. The molecule has 35 heavy (non-hydrogen) atoms. The molecule has 0 aliphatic carbocycles. The lowest BCUT2D eigenvalue weighted by Crippen LogP contribution is -2.43. The standard InChI is InChI=1S/C28H28N6O/c1-19-5-3-4-6-24(19)27(30-12-11-20-7-9-21(14-29)10-8-20)26-17-31-25-13-22(15-32-28(25)35-26)23-16-33-34(2)18-23/h3-10,13,15-16,18,26-27,30-31H,11-12,17H2,1-2H3/t26-,27?/m1/s1. The van der Waals surface area contributed by atoms with Gasteiger partial charge in [0.2, 0.25) is 5.88 Å². The topological polar surface area (TPSA) is 87.8 Å². The summed E-state index contributed by atoms with van der Waals surface area (Å²) in [5, 5.41) is 20.5. The quantitative estimate of drug-likeness (QED) is 0.421. The Morgan fingerprint density at radius 2 is 2.00 bits per heavy atom. The lowest BCUT2D eigenvalue weighted by Gasteiger charge is -2.34. The molecule has 0 radical (unpaired) electrons. The Labute approximate surface area is 205 Å². The molecule has 0 saturated heterocycles. The van der Waals surface area contributed by atoms with Crippen LogP contribution in [0.15, 0.2) is 73.2 Å². The Morgan fingerprint density at radius 1 is 1.17 bits per heavy atom. The van der Waals surface area contributed by atoms with Gasteiger partial charge in [-0.15, -0.1) is 0 Å². The van der Waals surface area contributed by atoms with Crippen LogP contribution in [0.3, 0.4) is 0 Å². The van der Waals surface area contributed by atoms with Gasteiger partial charge in [0.25, 0.3) is 0 Å². The summed E-state index contributed by atoms with van der Waals surface area (Å²) < 4.78 is 8.22. The number of nitriles is 1. The van der Waals surface area contributed by atoms with E-state index in [1.165, 1.54) is 16.7 Å². The molecule has 5 rings (SSSR count). The highest BCUT2D eigenvalue weighted by atomic mass is 16.5. The predicted octanol–water partition coefficient (Wildman–Crippen LogP) is 4.41. The van der Waals surface area contributed by atoms with Gasteiger partial charge in [-0.1, -0.05) is 36.4 Å². The van der Waals surface area contributed by atoms with Crippen molar-refractivity contribution in [2.75, 3.05) is 18.4 Å². The Morgan fingerprint density at radius 3 is 2.74 bits per heavy atom. The minimum atomic E-state index is -0.124. The van der Waals surface area contributed by atoms with Gasteiger partial charge in [-0.25, -0.2) is 4.98 Å². The molecule has 1 aliphatic heterocycles. The van der Waals surface area contributed by atoms with Crippen LogP contribution in [0, 0.1) is 18.3 Å². The van der Waals surface area contributed by atoms with Crippen LogP contribution in [0.1, 0.15) is 28.3 Å². The summed E-state index contributed by atoms with van der Waals surface area (Å²) >= 11 is 0. The number of fused-ring (bicyclic) bond motifs is 1. The average molecular weight is 465 g/mol. The van der Waals surface area contributed by atoms with Crippen molar-refractivity contribution in [3.8, 4) is 23.1 Å². The minimum absolute atomic E-state index is 0.00460. The molecular weight excluding hydrogens is 436 g/mol. The number of nitrogens with zero attached hydrogens (tertiary/aromatic N) is 4. The van der Waals surface area contributed by atoms with Crippen molar-refractivity contribution < 1.29 is 4.74 Å². The zero-order valence-corrected chi connectivity index (χ0v) is 19.9. The third kappa shape index (κ3) is 5.03. The van der Waals surface area contributed by atoms with Gasteiger partial charge in [0.15, 0.2) is 0 Å². The highest BCUT2D eigenvalue weighted by Crippen LogP contribution is 2.34. The van der Waals surface area contributed by atoms with Crippen LogP contribution < -0.4 is 15.4 Å². The molecule has 0 saturated carbocycles. The molecule has 0 fully saturated rings. The molecule has 2 aromatic carbocycles. The van der Waals surface area contributed by atoms with Crippen molar-refractivity contribution in [3.05, 3.63) is 95.4 Å². The van der Waals surface area contributed by atoms with E-state index in [0.29, 0.717) is 18.0 Å². The number of hydrogen-bond acceptors (Lipinski definition) is 6. The average Bonchev–Trinajstić information content (AvgIpc) is 3.33. The second-order valence-corrected chi connectivity index (χ2v) is 8.86.